The second-order valence-electron chi connectivity index (χ2n) is 3.09. The van der Waals surface area contributed by atoms with Gasteiger partial charge in [-0.1, -0.05) is 0 Å². The zero-order valence-corrected chi connectivity index (χ0v) is 9.32. The minimum atomic E-state index is -0.337. The number of hydrogen-bond acceptors (Lipinski definition) is 4. The van der Waals surface area contributed by atoms with Crippen LogP contribution in [-0.4, -0.2) is 5.75 Å². The van der Waals surface area contributed by atoms with E-state index in [1.54, 1.807) is 12.1 Å². The first kappa shape index (κ1) is 12.3. The summed E-state index contributed by atoms with van der Waals surface area (Å²) in [6.45, 7) is 1.87. The fraction of sp³-hybridized carbons (Fsp3) is 0.0909. The van der Waals surface area contributed by atoms with Crippen molar-refractivity contribution in [1.29, 1.82) is 0 Å². The predicted molar refractivity (Wildman–Crippen MR) is 64.2 cm³/mol. The van der Waals surface area contributed by atoms with Crippen LogP contribution in [-0.2, 0) is 4.79 Å². The third-order valence-electron chi connectivity index (χ3n) is 1.98. The first-order chi connectivity index (χ1) is 7.58. The summed E-state index contributed by atoms with van der Waals surface area (Å²) in [7, 11) is 0. The van der Waals surface area contributed by atoms with E-state index in [9.17, 15) is 4.79 Å². The number of benzene rings is 1. The second kappa shape index (κ2) is 5.32. The monoisotopic (exact) mass is 239 g/mol. The van der Waals surface area contributed by atoms with Crippen LogP contribution in [0.25, 0.3) is 11.0 Å². The highest BCUT2D eigenvalue weighted by atomic mass is 35.5. The maximum Gasteiger partial charge on any atom is 0.336 e. The van der Waals surface area contributed by atoms with Gasteiger partial charge in [0.25, 0.3) is 0 Å². The molecular formula is C11H10ClNO3. The number of hydrogen-bond donors (Lipinski definition) is 1. The summed E-state index contributed by atoms with van der Waals surface area (Å²) in [5.74, 6) is 0.222. The quantitative estimate of drug-likeness (QED) is 0.331. The number of nitrogen functional groups attached to an aromatic ring is 1. The van der Waals surface area contributed by atoms with Crippen LogP contribution in [0.2, 0.25) is 0 Å². The Balaban J connectivity index is 0.000000386. The van der Waals surface area contributed by atoms with Crippen LogP contribution in [0.3, 0.4) is 0 Å². The molecule has 0 amide bonds. The van der Waals surface area contributed by atoms with E-state index in [1.165, 1.54) is 6.07 Å². The summed E-state index contributed by atoms with van der Waals surface area (Å²) >= 11 is 4.32. The molecule has 4 nitrogen and oxygen atoms in total. The number of anilines is 1. The summed E-state index contributed by atoms with van der Waals surface area (Å²) in [5, 5.41) is 0.925. The SMILES string of the molecule is Cc1cc(=O)oc2cc(N)ccc12.O=CCl. The fourth-order valence-electron chi connectivity index (χ4n) is 1.34. The van der Waals surface area contributed by atoms with Gasteiger partial charge in [0.15, 0.2) is 0 Å². The Labute approximate surface area is 96.6 Å². The summed E-state index contributed by atoms with van der Waals surface area (Å²) < 4.78 is 4.99. The average Bonchev–Trinajstić information content (AvgIpc) is 2.17. The van der Waals surface area contributed by atoms with Gasteiger partial charge in [0.1, 0.15) is 5.58 Å². The molecule has 2 rings (SSSR count). The first-order valence-electron chi connectivity index (χ1n) is 4.42. The van der Waals surface area contributed by atoms with E-state index in [2.05, 4.69) is 11.6 Å². The Morgan fingerprint density at radius 3 is 2.62 bits per heavy atom. The third-order valence-corrected chi connectivity index (χ3v) is 1.98. The molecule has 0 aliphatic carbocycles. The van der Waals surface area contributed by atoms with Crippen molar-refractivity contribution in [2.45, 2.75) is 6.92 Å². The number of rotatable bonds is 0. The van der Waals surface area contributed by atoms with Crippen molar-refractivity contribution in [2.24, 2.45) is 0 Å². The van der Waals surface area contributed by atoms with Crippen LogP contribution in [0.4, 0.5) is 5.69 Å². The number of carbonyl (C=O) groups excluding carboxylic acids is 1. The molecule has 0 bridgehead atoms. The van der Waals surface area contributed by atoms with Crippen LogP contribution in [0.5, 0.6) is 0 Å². The number of aryl methyl sites for hydroxylation is 1. The van der Waals surface area contributed by atoms with Gasteiger partial charge in [0, 0.05) is 23.2 Å². The smallest absolute Gasteiger partial charge is 0.336 e. The lowest BCUT2D eigenvalue weighted by atomic mass is 10.1. The van der Waals surface area contributed by atoms with E-state index in [0.29, 0.717) is 11.3 Å². The van der Waals surface area contributed by atoms with Gasteiger partial charge >= 0.3 is 5.63 Å². The Morgan fingerprint density at radius 1 is 1.38 bits per heavy atom. The molecule has 2 aromatic rings. The Bertz CT molecular complexity index is 563. The zero-order chi connectivity index (χ0) is 12.1. The van der Waals surface area contributed by atoms with Crippen molar-refractivity contribution in [3.63, 3.8) is 0 Å². The van der Waals surface area contributed by atoms with E-state index in [0.717, 1.165) is 10.9 Å². The van der Waals surface area contributed by atoms with Crippen molar-refractivity contribution in [3.05, 3.63) is 40.2 Å². The molecular weight excluding hydrogens is 230 g/mol. The van der Waals surface area contributed by atoms with Gasteiger partial charge in [0.05, 0.1) is 0 Å². The van der Waals surface area contributed by atoms with Gasteiger partial charge in [-0.05, 0) is 36.2 Å². The number of carbonyl (C=O) groups is 1. The van der Waals surface area contributed by atoms with Crippen LogP contribution < -0.4 is 11.4 Å². The molecule has 0 radical (unpaired) electrons. The number of nitrogens with two attached hydrogens (primary N) is 1. The van der Waals surface area contributed by atoms with Gasteiger partial charge < -0.3 is 10.2 Å². The van der Waals surface area contributed by atoms with Crippen LogP contribution in [0.1, 0.15) is 5.56 Å². The van der Waals surface area contributed by atoms with Gasteiger partial charge in [-0.15, -0.1) is 0 Å². The van der Waals surface area contributed by atoms with Gasteiger partial charge in [-0.25, -0.2) is 4.79 Å². The lowest BCUT2D eigenvalue weighted by Crippen LogP contribution is -1.98. The molecule has 0 saturated carbocycles. The number of fused-ring (bicyclic) bond motifs is 1. The van der Waals surface area contributed by atoms with Crippen molar-refractivity contribution in [1.82, 2.24) is 0 Å². The molecule has 84 valence electrons. The predicted octanol–water partition coefficient (Wildman–Crippen LogP) is 2.10. The second-order valence-corrected chi connectivity index (χ2v) is 3.27. The molecule has 0 saturated heterocycles. The van der Waals surface area contributed by atoms with Crippen molar-refractivity contribution < 1.29 is 9.21 Å². The molecule has 0 aliphatic rings. The maximum absolute atomic E-state index is 11.0. The van der Waals surface area contributed by atoms with E-state index in [-0.39, 0.29) is 11.4 Å². The summed E-state index contributed by atoms with van der Waals surface area (Å²) in [5.41, 5.74) is 7.28. The topological polar surface area (TPSA) is 73.3 Å². The van der Waals surface area contributed by atoms with Crippen LogP contribution in [0, 0.1) is 6.92 Å². The van der Waals surface area contributed by atoms with E-state index < -0.39 is 0 Å². The highest BCUT2D eigenvalue weighted by Crippen LogP contribution is 2.18. The Kier molecular flexibility index (Phi) is 4.08. The standard InChI is InChI=1S/C10H9NO2.CHClO/c1-6-4-10(12)13-9-5-7(11)2-3-8(6)9;2-1-3/h2-5H,11H2,1H3;1H. The Hall–Kier alpha value is -1.81. The first-order valence-corrected chi connectivity index (χ1v) is 4.86. The normalized spacial score (nSPS) is 9.38. The van der Waals surface area contributed by atoms with Crippen LogP contribution in [0.15, 0.2) is 33.5 Å². The largest absolute Gasteiger partial charge is 0.423 e. The van der Waals surface area contributed by atoms with Crippen LogP contribution >= 0.6 is 11.6 Å². The minimum Gasteiger partial charge on any atom is -0.423 e. The molecule has 1 heterocycles. The van der Waals surface area contributed by atoms with E-state index in [4.69, 9.17) is 14.9 Å². The zero-order valence-electron chi connectivity index (χ0n) is 8.57. The van der Waals surface area contributed by atoms with Gasteiger partial charge in [-0.3, -0.25) is 4.79 Å². The molecule has 1 aromatic heterocycles. The molecule has 2 N–H and O–H groups in total. The van der Waals surface area contributed by atoms with Crippen molar-refractivity contribution in [2.75, 3.05) is 5.73 Å². The summed E-state index contributed by atoms with van der Waals surface area (Å²) in [4.78, 5) is 19.6. The van der Waals surface area contributed by atoms with E-state index in [1.807, 2.05) is 13.0 Å². The molecule has 1 aromatic carbocycles. The Morgan fingerprint density at radius 2 is 2.00 bits per heavy atom. The van der Waals surface area contributed by atoms with Crippen molar-refractivity contribution >= 4 is 34.0 Å². The van der Waals surface area contributed by atoms with Gasteiger partial charge in [0.2, 0.25) is 5.75 Å². The van der Waals surface area contributed by atoms with Gasteiger partial charge in [-0.2, -0.15) is 0 Å². The molecule has 0 unspecified atom stereocenters. The molecule has 16 heavy (non-hydrogen) atoms. The average molecular weight is 240 g/mol. The summed E-state index contributed by atoms with van der Waals surface area (Å²) in [6.07, 6.45) is 0. The molecule has 0 fully saturated rings. The van der Waals surface area contributed by atoms with Crippen molar-refractivity contribution in [3.8, 4) is 0 Å². The lowest BCUT2D eigenvalue weighted by molar-refractivity contribution is 0.560. The third kappa shape index (κ3) is 2.84. The van der Waals surface area contributed by atoms with E-state index >= 15 is 0 Å². The molecule has 0 spiro atoms. The number of halogens is 1. The highest BCUT2D eigenvalue weighted by Gasteiger charge is 2.00. The molecule has 0 atom stereocenters. The molecule has 0 aliphatic heterocycles. The molecule has 5 heteroatoms. The fourth-order valence-corrected chi connectivity index (χ4v) is 1.34. The summed E-state index contributed by atoms with van der Waals surface area (Å²) in [6, 6.07) is 6.76. The lowest BCUT2D eigenvalue weighted by Gasteiger charge is -2.00. The maximum atomic E-state index is 11.0. The highest BCUT2D eigenvalue weighted by molar-refractivity contribution is 6.54. The minimum absolute atomic E-state index is 0.222.